The molecule has 0 amide bonds. The van der Waals surface area contributed by atoms with Crippen LogP contribution in [0.1, 0.15) is 18.4 Å². The molecule has 0 radical (unpaired) electrons. The number of piperidine rings is 1. The van der Waals surface area contributed by atoms with Crippen LogP contribution in [0.15, 0.2) is 18.2 Å². The van der Waals surface area contributed by atoms with E-state index in [2.05, 4.69) is 23.3 Å². The van der Waals surface area contributed by atoms with E-state index in [9.17, 15) is 0 Å². The minimum absolute atomic E-state index is 0.625. The van der Waals surface area contributed by atoms with Crippen molar-refractivity contribution in [3.8, 4) is 11.8 Å². The lowest BCUT2D eigenvalue weighted by Crippen LogP contribution is -2.35. The summed E-state index contributed by atoms with van der Waals surface area (Å²) in [5.74, 6) is 1.42. The zero-order valence-electron chi connectivity index (χ0n) is 11.6. The Balaban J connectivity index is 1.97. The Morgan fingerprint density at radius 2 is 2.37 bits per heavy atom. The van der Waals surface area contributed by atoms with Gasteiger partial charge in [-0.05, 0) is 44.5 Å². The van der Waals surface area contributed by atoms with Gasteiger partial charge >= 0.3 is 0 Å². The molecule has 1 N–H and O–H groups in total. The molecule has 1 aliphatic rings. The highest BCUT2D eigenvalue weighted by molar-refractivity contribution is 5.59. The van der Waals surface area contributed by atoms with Crippen LogP contribution in [0.4, 0.5) is 5.69 Å². The number of likely N-dealkylation sites (tertiary alicyclic amines) is 1. The van der Waals surface area contributed by atoms with Crippen LogP contribution in [0.5, 0.6) is 5.75 Å². The number of hydrogen-bond donors (Lipinski definition) is 1. The zero-order valence-corrected chi connectivity index (χ0v) is 11.6. The summed E-state index contributed by atoms with van der Waals surface area (Å²) in [7, 11) is 3.81. The van der Waals surface area contributed by atoms with Crippen LogP contribution < -0.4 is 10.1 Å². The molecule has 0 spiro atoms. The Hall–Kier alpha value is -1.73. The minimum atomic E-state index is 0.625. The van der Waals surface area contributed by atoms with Gasteiger partial charge in [0.1, 0.15) is 5.75 Å². The zero-order chi connectivity index (χ0) is 13.7. The van der Waals surface area contributed by atoms with Crippen LogP contribution in [0.3, 0.4) is 0 Å². The van der Waals surface area contributed by atoms with E-state index in [0.29, 0.717) is 11.5 Å². The predicted octanol–water partition coefficient (Wildman–Crippen LogP) is 2.32. The van der Waals surface area contributed by atoms with Crippen LogP contribution in [0.25, 0.3) is 0 Å². The molecule has 0 bridgehead atoms. The summed E-state index contributed by atoms with van der Waals surface area (Å²) in [5.41, 5.74) is 1.59. The first-order valence-electron chi connectivity index (χ1n) is 6.73. The Bertz CT molecular complexity index is 467. The van der Waals surface area contributed by atoms with Gasteiger partial charge in [0, 0.05) is 19.2 Å². The average molecular weight is 259 g/mol. The SMILES string of the molecule is COc1cc(C#N)ccc1NCC1CCCN(C)C1. The van der Waals surface area contributed by atoms with Gasteiger partial charge in [-0.25, -0.2) is 0 Å². The third-order valence-corrected chi connectivity index (χ3v) is 3.63. The molecule has 1 atom stereocenters. The van der Waals surface area contributed by atoms with Crippen molar-refractivity contribution in [1.29, 1.82) is 5.26 Å². The quantitative estimate of drug-likeness (QED) is 0.901. The fourth-order valence-corrected chi connectivity index (χ4v) is 2.60. The van der Waals surface area contributed by atoms with Crippen molar-refractivity contribution >= 4 is 5.69 Å². The van der Waals surface area contributed by atoms with Gasteiger partial charge in [-0.3, -0.25) is 0 Å². The van der Waals surface area contributed by atoms with Crippen LogP contribution in [0.2, 0.25) is 0 Å². The molecule has 2 rings (SSSR count). The van der Waals surface area contributed by atoms with Gasteiger partial charge in [0.05, 0.1) is 24.4 Å². The molecule has 4 nitrogen and oxygen atoms in total. The molecule has 19 heavy (non-hydrogen) atoms. The molecule has 0 aromatic heterocycles. The molecule has 1 unspecified atom stereocenters. The van der Waals surface area contributed by atoms with E-state index in [0.717, 1.165) is 24.5 Å². The highest BCUT2D eigenvalue weighted by atomic mass is 16.5. The van der Waals surface area contributed by atoms with Crippen molar-refractivity contribution in [3.63, 3.8) is 0 Å². The maximum absolute atomic E-state index is 8.88. The molecule has 0 aliphatic carbocycles. The molecule has 1 aliphatic heterocycles. The van der Waals surface area contributed by atoms with Crippen molar-refractivity contribution in [2.45, 2.75) is 12.8 Å². The lowest BCUT2D eigenvalue weighted by atomic mass is 9.98. The summed E-state index contributed by atoms with van der Waals surface area (Å²) in [6, 6.07) is 7.64. The third-order valence-electron chi connectivity index (χ3n) is 3.63. The second-order valence-electron chi connectivity index (χ2n) is 5.18. The Morgan fingerprint density at radius 1 is 1.53 bits per heavy atom. The van der Waals surface area contributed by atoms with Crippen molar-refractivity contribution in [2.24, 2.45) is 5.92 Å². The number of anilines is 1. The van der Waals surface area contributed by atoms with Crippen LogP contribution in [-0.4, -0.2) is 38.7 Å². The number of nitrogens with zero attached hydrogens (tertiary/aromatic N) is 2. The van der Waals surface area contributed by atoms with E-state index in [1.807, 2.05) is 12.1 Å². The first-order chi connectivity index (χ1) is 9.22. The second kappa shape index (κ2) is 6.44. The minimum Gasteiger partial charge on any atom is -0.495 e. The van der Waals surface area contributed by atoms with Gasteiger partial charge in [-0.2, -0.15) is 5.26 Å². The molecule has 1 aromatic rings. The Labute approximate surface area is 115 Å². The molecule has 1 saturated heterocycles. The highest BCUT2D eigenvalue weighted by Crippen LogP contribution is 2.26. The van der Waals surface area contributed by atoms with Gasteiger partial charge in [-0.1, -0.05) is 0 Å². The second-order valence-corrected chi connectivity index (χ2v) is 5.18. The summed E-state index contributed by atoms with van der Waals surface area (Å²) in [5, 5.41) is 12.3. The van der Waals surface area contributed by atoms with Crippen LogP contribution in [0, 0.1) is 17.2 Å². The Morgan fingerprint density at radius 3 is 3.05 bits per heavy atom. The van der Waals surface area contributed by atoms with Gasteiger partial charge in [0.25, 0.3) is 0 Å². The van der Waals surface area contributed by atoms with E-state index in [1.54, 1.807) is 13.2 Å². The summed E-state index contributed by atoms with van der Waals surface area (Å²) in [4.78, 5) is 2.38. The van der Waals surface area contributed by atoms with E-state index in [1.165, 1.54) is 19.4 Å². The number of hydrogen-bond acceptors (Lipinski definition) is 4. The molecular formula is C15H21N3O. The summed E-state index contributed by atoms with van der Waals surface area (Å²) in [6.45, 7) is 3.30. The van der Waals surface area contributed by atoms with E-state index < -0.39 is 0 Å². The maximum Gasteiger partial charge on any atom is 0.143 e. The number of benzene rings is 1. The van der Waals surface area contributed by atoms with E-state index in [-0.39, 0.29) is 0 Å². The molecule has 1 heterocycles. The first kappa shape index (κ1) is 13.7. The lowest BCUT2D eigenvalue weighted by molar-refractivity contribution is 0.217. The van der Waals surface area contributed by atoms with E-state index >= 15 is 0 Å². The van der Waals surface area contributed by atoms with Crippen molar-refractivity contribution in [3.05, 3.63) is 23.8 Å². The maximum atomic E-state index is 8.88. The molecule has 1 fully saturated rings. The molecule has 4 heteroatoms. The molecular weight excluding hydrogens is 238 g/mol. The smallest absolute Gasteiger partial charge is 0.143 e. The highest BCUT2D eigenvalue weighted by Gasteiger charge is 2.17. The topological polar surface area (TPSA) is 48.3 Å². The molecule has 102 valence electrons. The van der Waals surface area contributed by atoms with Crippen LogP contribution in [-0.2, 0) is 0 Å². The largest absolute Gasteiger partial charge is 0.495 e. The summed E-state index contributed by atoms with van der Waals surface area (Å²) >= 11 is 0. The van der Waals surface area contributed by atoms with Gasteiger partial charge in [-0.15, -0.1) is 0 Å². The van der Waals surface area contributed by atoms with Crippen molar-refractivity contribution in [2.75, 3.05) is 39.1 Å². The summed E-state index contributed by atoms with van der Waals surface area (Å²) < 4.78 is 5.32. The van der Waals surface area contributed by atoms with Gasteiger partial charge < -0.3 is 15.0 Å². The van der Waals surface area contributed by atoms with Gasteiger partial charge in [0.15, 0.2) is 0 Å². The van der Waals surface area contributed by atoms with E-state index in [4.69, 9.17) is 10.00 Å². The predicted molar refractivity (Wildman–Crippen MR) is 76.4 cm³/mol. The fourth-order valence-electron chi connectivity index (χ4n) is 2.60. The number of ether oxygens (including phenoxy) is 1. The monoisotopic (exact) mass is 259 g/mol. The van der Waals surface area contributed by atoms with Crippen LogP contribution >= 0.6 is 0 Å². The third kappa shape index (κ3) is 3.62. The Kier molecular flexibility index (Phi) is 4.64. The number of rotatable bonds is 4. The number of nitriles is 1. The van der Waals surface area contributed by atoms with Gasteiger partial charge in [0.2, 0.25) is 0 Å². The number of methoxy groups -OCH3 is 1. The lowest BCUT2D eigenvalue weighted by Gasteiger charge is -2.30. The van der Waals surface area contributed by atoms with Crippen molar-refractivity contribution in [1.82, 2.24) is 4.90 Å². The standard InChI is InChI=1S/C15H21N3O/c1-18-7-3-4-13(11-18)10-17-14-6-5-12(9-16)8-15(14)19-2/h5-6,8,13,17H,3-4,7,10-11H2,1-2H3. The average Bonchev–Trinajstić information content (AvgIpc) is 2.45. The molecule has 1 aromatic carbocycles. The fraction of sp³-hybridized carbons (Fsp3) is 0.533. The van der Waals surface area contributed by atoms with Crippen molar-refractivity contribution < 1.29 is 4.74 Å². The first-order valence-corrected chi connectivity index (χ1v) is 6.73. The normalized spacial score (nSPS) is 19.7. The molecule has 0 saturated carbocycles. The number of nitrogens with one attached hydrogen (secondary N) is 1. The summed E-state index contributed by atoms with van der Waals surface area (Å²) in [6.07, 6.45) is 2.54.